The minimum atomic E-state index is -0.00523. The molecule has 0 bridgehead atoms. The molecule has 3 heterocycles. The van der Waals surface area contributed by atoms with Crippen LogP contribution in [0.3, 0.4) is 0 Å². The number of methoxy groups -OCH3 is 1. The first kappa shape index (κ1) is 19.5. The Morgan fingerprint density at radius 2 is 1.90 bits per heavy atom. The maximum absolute atomic E-state index is 5.74. The number of pyridine rings is 1. The van der Waals surface area contributed by atoms with Crippen molar-refractivity contribution in [3.05, 3.63) is 78.4 Å². The fourth-order valence-electron chi connectivity index (χ4n) is 3.93. The minimum absolute atomic E-state index is 0.00523. The monoisotopic (exact) mass is 406 g/mol. The van der Waals surface area contributed by atoms with Crippen molar-refractivity contribution >= 4 is 17.3 Å². The van der Waals surface area contributed by atoms with Gasteiger partial charge in [-0.25, -0.2) is 0 Å². The number of hydrogen-bond donors (Lipinski definition) is 1. The standard InChI is InChI=1S/C23H26N4OS/c1-16(2)15-27-22(21(25-23(27)29)19-7-4-5-13-24-19)20-8-6-14-26(20)17-9-11-18(28-3)12-10-17/h4-14,16,21-22H,15H2,1-3H3,(H,25,29)/t21-,22-/m1/s1. The Hall–Kier alpha value is -2.86. The van der Waals surface area contributed by atoms with Crippen molar-refractivity contribution in [2.75, 3.05) is 13.7 Å². The summed E-state index contributed by atoms with van der Waals surface area (Å²) in [6, 6.07) is 18.5. The van der Waals surface area contributed by atoms with E-state index in [1.54, 1.807) is 7.11 Å². The second-order valence-corrected chi connectivity index (χ2v) is 8.06. The van der Waals surface area contributed by atoms with Crippen LogP contribution in [0.25, 0.3) is 5.69 Å². The number of rotatable bonds is 6. The van der Waals surface area contributed by atoms with E-state index >= 15 is 0 Å². The van der Waals surface area contributed by atoms with Gasteiger partial charge in [-0.05, 0) is 66.7 Å². The lowest BCUT2D eigenvalue weighted by Gasteiger charge is -2.30. The predicted octanol–water partition coefficient (Wildman–Crippen LogP) is 4.51. The summed E-state index contributed by atoms with van der Waals surface area (Å²) in [5.41, 5.74) is 3.26. The SMILES string of the molecule is COc1ccc(-n2cccc2[C@@H]2[C@@H](c3ccccn3)NC(=S)N2CC(C)C)cc1. The Morgan fingerprint density at radius 1 is 1.10 bits per heavy atom. The molecule has 4 rings (SSSR count). The van der Waals surface area contributed by atoms with Crippen molar-refractivity contribution in [2.24, 2.45) is 5.92 Å². The number of nitrogens with one attached hydrogen (secondary N) is 1. The number of thiocarbonyl (C=S) groups is 1. The molecule has 6 heteroatoms. The van der Waals surface area contributed by atoms with Crippen molar-refractivity contribution in [2.45, 2.75) is 25.9 Å². The zero-order valence-corrected chi connectivity index (χ0v) is 17.8. The third kappa shape index (κ3) is 3.85. The largest absolute Gasteiger partial charge is 0.497 e. The Morgan fingerprint density at radius 3 is 2.55 bits per heavy atom. The smallest absolute Gasteiger partial charge is 0.170 e. The van der Waals surface area contributed by atoms with E-state index in [0.29, 0.717) is 5.92 Å². The zero-order chi connectivity index (χ0) is 20.4. The molecule has 2 aromatic heterocycles. The number of aromatic nitrogens is 2. The molecule has 2 atom stereocenters. The Balaban J connectivity index is 1.78. The zero-order valence-electron chi connectivity index (χ0n) is 16.9. The first-order valence-electron chi connectivity index (χ1n) is 9.88. The van der Waals surface area contributed by atoms with Gasteiger partial charge in [-0.3, -0.25) is 4.98 Å². The molecule has 150 valence electrons. The molecule has 0 spiro atoms. The van der Waals surface area contributed by atoms with Gasteiger partial charge in [0.1, 0.15) is 5.75 Å². The summed E-state index contributed by atoms with van der Waals surface area (Å²) < 4.78 is 7.54. The molecular formula is C23H26N4OS. The lowest BCUT2D eigenvalue weighted by molar-refractivity contribution is 0.280. The summed E-state index contributed by atoms with van der Waals surface area (Å²) >= 11 is 5.74. The Labute approximate surface area is 177 Å². The molecule has 0 aliphatic carbocycles. The highest BCUT2D eigenvalue weighted by Gasteiger charge is 2.41. The van der Waals surface area contributed by atoms with E-state index in [0.717, 1.165) is 28.8 Å². The molecule has 1 fully saturated rings. The summed E-state index contributed by atoms with van der Waals surface area (Å²) in [5, 5.41) is 4.30. The Kier molecular flexibility index (Phi) is 5.53. The van der Waals surface area contributed by atoms with E-state index in [-0.39, 0.29) is 12.1 Å². The highest BCUT2D eigenvalue weighted by Crippen LogP contribution is 2.39. The van der Waals surface area contributed by atoms with Crippen LogP contribution in [0.2, 0.25) is 0 Å². The van der Waals surface area contributed by atoms with Gasteiger partial charge in [0.15, 0.2) is 5.11 Å². The van der Waals surface area contributed by atoms with Gasteiger partial charge in [-0.1, -0.05) is 19.9 Å². The quantitative estimate of drug-likeness (QED) is 0.610. The average molecular weight is 407 g/mol. The first-order valence-corrected chi connectivity index (χ1v) is 10.3. The third-order valence-electron chi connectivity index (χ3n) is 5.19. The molecule has 1 aliphatic heterocycles. The maximum atomic E-state index is 5.74. The fraction of sp³-hybridized carbons (Fsp3) is 0.304. The van der Waals surface area contributed by atoms with E-state index in [2.05, 4.69) is 70.1 Å². The van der Waals surface area contributed by atoms with Gasteiger partial charge < -0.3 is 19.5 Å². The van der Waals surface area contributed by atoms with E-state index in [1.807, 2.05) is 30.5 Å². The van der Waals surface area contributed by atoms with Gasteiger partial charge in [0.05, 0.1) is 24.9 Å². The van der Waals surface area contributed by atoms with E-state index in [1.165, 1.54) is 5.69 Å². The third-order valence-corrected chi connectivity index (χ3v) is 5.55. The number of benzene rings is 1. The van der Waals surface area contributed by atoms with Crippen LogP contribution in [-0.4, -0.2) is 33.2 Å². The van der Waals surface area contributed by atoms with Crippen LogP contribution in [0.15, 0.2) is 67.0 Å². The van der Waals surface area contributed by atoms with Gasteiger partial charge in [-0.15, -0.1) is 0 Å². The van der Waals surface area contributed by atoms with Gasteiger partial charge >= 0.3 is 0 Å². The van der Waals surface area contributed by atoms with Crippen LogP contribution in [0.5, 0.6) is 5.75 Å². The van der Waals surface area contributed by atoms with Crippen LogP contribution in [-0.2, 0) is 0 Å². The molecule has 0 amide bonds. The summed E-state index contributed by atoms with van der Waals surface area (Å²) in [6.07, 6.45) is 3.94. The molecule has 1 aliphatic rings. The second kappa shape index (κ2) is 8.25. The predicted molar refractivity (Wildman–Crippen MR) is 119 cm³/mol. The summed E-state index contributed by atoms with van der Waals surface area (Å²) in [4.78, 5) is 6.92. The second-order valence-electron chi connectivity index (χ2n) is 7.67. The molecule has 1 saturated heterocycles. The van der Waals surface area contributed by atoms with Crippen LogP contribution in [0.4, 0.5) is 0 Å². The van der Waals surface area contributed by atoms with Gasteiger partial charge in [0.2, 0.25) is 0 Å². The van der Waals surface area contributed by atoms with Crippen molar-refractivity contribution in [3.63, 3.8) is 0 Å². The fourth-order valence-corrected chi connectivity index (χ4v) is 4.25. The Bertz CT molecular complexity index is 968. The molecule has 0 unspecified atom stereocenters. The van der Waals surface area contributed by atoms with Gasteiger partial charge in [-0.2, -0.15) is 0 Å². The molecule has 0 radical (unpaired) electrons. The van der Waals surface area contributed by atoms with Crippen LogP contribution < -0.4 is 10.1 Å². The van der Waals surface area contributed by atoms with E-state index in [4.69, 9.17) is 17.0 Å². The van der Waals surface area contributed by atoms with Gasteiger partial charge in [0.25, 0.3) is 0 Å². The summed E-state index contributed by atoms with van der Waals surface area (Å²) in [6.45, 7) is 5.32. The van der Waals surface area contributed by atoms with Crippen LogP contribution >= 0.6 is 12.2 Å². The van der Waals surface area contributed by atoms with Crippen molar-refractivity contribution in [3.8, 4) is 11.4 Å². The maximum Gasteiger partial charge on any atom is 0.170 e. The molecule has 5 nitrogen and oxygen atoms in total. The lowest BCUT2D eigenvalue weighted by atomic mass is 10.0. The molecule has 1 aromatic carbocycles. The first-order chi connectivity index (χ1) is 14.1. The van der Waals surface area contributed by atoms with E-state index < -0.39 is 0 Å². The number of ether oxygens (including phenoxy) is 1. The molecule has 1 N–H and O–H groups in total. The van der Waals surface area contributed by atoms with Crippen LogP contribution in [0, 0.1) is 5.92 Å². The average Bonchev–Trinajstić information content (AvgIpc) is 3.33. The molecule has 0 saturated carbocycles. The highest BCUT2D eigenvalue weighted by atomic mass is 32.1. The summed E-state index contributed by atoms with van der Waals surface area (Å²) in [7, 11) is 1.68. The van der Waals surface area contributed by atoms with E-state index in [9.17, 15) is 0 Å². The lowest BCUT2D eigenvalue weighted by Crippen LogP contribution is -2.33. The molecule has 29 heavy (non-hydrogen) atoms. The van der Waals surface area contributed by atoms with Crippen molar-refractivity contribution in [1.82, 2.24) is 19.8 Å². The highest BCUT2D eigenvalue weighted by molar-refractivity contribution is 7.80. The summed E-state index contributed by atoms with van der Waals surface area (Å²) in [5.74, 6) is 1.34. The number of nitrogens with zero attached hydrogens (tertiary/aromatic N) is 3. The number of hydrogen-bond acceptors (Lipinski definition) is 3. The van der Waals surface area contributed by atoms with Crippen molar-refractivity contribution in [1.29, 1.82) is 0 Å². The normalized spacial score (nSPS) is 18.9. The van der Waals surface area contributed by atoms with Gasteiger partial charge in [0, 0.05) is 30.3 Å². The minimum Gasteiger partial charge on any atom is -0.497 e. The molecular weight excluding hydrogens is 380 g/mol. The van der Waals surface area contributed by atoms with Crippen LogP contribution in [0.1, 0.15) is 37.3 Å². The topological polar surface area (TPSA) is 42.3 Å². The molecule has 3 aromatic rings. The van der Waals surface area contributed by atoms with Crippen molar-refractivity contribution < 1.29 is 4.74 Å².